The van der Waals surface area contributed by atoms with Crippen LogP contribution in [0.5, 0.6) is 11.8 Å². The summed E-state index contributed by atoms with van der Waals surface area (Å²) < 4.78 is 16.7. The molecular formula is C25H27N5O3. The fraction of sp³-hybridized carbons (Fsp3) is 0.240. The molecule has 0 bridgehead atoms. The van der Waals surface area contributed by atoms with E-state index in [1.807, 2.05) is 73.3 Å². The zero-order valence-electron chi connectivity index (χ0n) is 19.0. The van der Waals surface area contributed by atoms with E-state index < -0.39 is 0 Å². The molecule has 1 N–H and O–H groups in total. The van der Waals surface area contributed by atoms with Crippen LogP contribution in [-0.4, -0.2) is 28.7 Å². The molecule has 0 aliphatic rings. The van der Waals surface area contributed by atoms with Crippen LogP contribution in [-0.2, 0) is 13.1 Å². The summed E-state index contributed by atoms with van der Waals surface area (Å²) >= 11 is 0. The average Bonchev–Trinajstić information content (AvgIpc) is 3.24. The molecule has 170 valence electrons. The van der Waals surface area contributed by atoms with Crippen molar-refractivity contribution in [3.63, 3.8) is 0 Å². The Kier molecular flexibility index (Phi) is 7.04. The molecule has 33 heavy (non-hydrogen) atoms. The van der Waals surface area contributed by atoms with E-state index in [1.54, 1.807) is 7.11 Å². The number of nitrogens with zero attached hydrogens (tertiary/aromatic N) is 4. The monoisotopic (exact) mass is 445 g/mol. The largest absolute Gasteiger partial charge is 0.497 e. The highest BCUT2D eigenvalue weighted by molar-refractivity contribution is 5.56. The normalized spacial score (nSPS) is 10.6. The summed E-state index contributed by atoms with van der Waals surface area (Å²) in [4.78, 5) is 15.7. The lowest BCUT2D eigenvalue weighted by Crippen LogP contribution is -2.25. The van der Waals surface area contributed by atoms with E-state index in [1.165, 1.54) is 0 Å². The second-order valence-corrected chi connectivity index (χ2v) is 7.38. The third-order valence-corrected chi connectivity index (χ3v) is 4.86. The van der Waals surface area contributed by atoms with Crippen LogP contribution in [0.1, 0.15) is 24.0 Å². The van der Waals surface area contributed by atoms with Gasteiger partial charge in [-0.1, -0.05) is 30.3 Å². The minimum absolute atomic E-state index is 0.257. The molecule has 0 saturated carbocycles. The van der Waals surface area contributed by atoms with Crippen molar-refractivity contribution in [2.75, 3.05) is 23.9 Å². The maximum absolute atomic E-state index is 5.83. The van der Waals surface area contributed by atoms with Gasteiger partial charge in [0.15, 0.2) is 0 Å². The van der Waals surface area contributed by atoms with E-state index in [0.29, 0.717) is 31.6 Å². The maximum atomic E-state index is 5.83. The highest BCUT2D eigenvalue weighted by atomic mass is 16.5. The zero-order valence-corrected chi connectivity index (χ0v) is 19.0. The summed E-state index contributed by atoms with van der Waals surface area (Å²) in [5, 5.41) is 3.23. The van der Waals surface area contributed by atoms with Crippen molar-refractivity contribution >= 4 is 17.6 Å². The summed E-state index contributed by atoms with van der Waals surface area (Å²) in [6.45, 7) is 5.37. The molecule has 0 aliphatic carbocycles. The van der Waals surface area contributed by atoms with Gasteiger partial charge in [-0.3, -0.25) is 0 Å². The van der Waals surface area contributed by atoms with Crippen LogP contribution in [0.15, 0.2) is 71.1 Å². The minimum Gasteiger partial charge on any atom is -0.497 e. The first-order valence-corrected chi connectivity index (χ1v) is 10.8. The Morgan fingerprint density at radius 1 is 0.909 bits per heavy atom. The molecule has 0 fully saturated rings. The Hall–Kier alpha value is -4.07. The maximum Gasteiger partial charge on any atom is 0.323 e. The van der Waals surface area contributed by atoms with E-state index in [4.69, 9.17) is 18.9 Å². The second-order valence-electron chi connectivity index (χ2n) is 7.38. The first-order chi connectivity index (χ1) is 16.1. The predicted molar refractivity (Wildman–Crippen MR) is 127 cm³/mol. The minimum atomic E-state index is 0.257. The Balaban J connectivity index is 1.67. The van der Waals surface area contributed by atoms with Crippen LogP contribution >= 0.6 is 0 Å². The van der Waals surface area contributed by atoms with Gasteiger partial charge in [-0.25, -0.2) is 0 Å². The highest BCUT2D eigenvalue weighted by Crippen LogP contribution is 2.23. The number of hydrogen-bond donors (Lipinski definition) is 1. The second kappa shape index (κ2) is 10.5. The Morgan fingerprint density at radius 2 is 1.70 bits per heavy atom. The first kappa shape index (κ1) is 22.1. The van der Waals surface area contributed by atoms with E-state index in [0.717, 1.165) is 28.5 Å². The lowest BCUT2D eigenvalue weighted by molar-refractivity contribution is 0.312. The number of anilines is 3. The van der Waals surface area contributed by atoms with Gasteiger partial charge in [0.25, 0.3) is 0 Å². The molecule has 0 atom stereocenters. The molecule has 4 rings (SSSR count). The summed E-state index contributed by atoms with van der Waals surface area (Å²) in [5.74, 6) is 3.34. The predicted octanol–water partition coefficient (Wildman–Crippen LogP) is 5.13. The van der Waals surface area contributed by atoms with Crippen molar-refractivity contribution < 1.29 is 13.9 Å². The van der Waals surface area contributed by atoms with E-state index in [-0.39, 0.29) is 6.01 Å². The number of hydrogen-bond acceptors (Lipinski definition) is 8. The number of furan rings is 1. The summed E-state index contributed by atoms with van der Waals surface area (Å²) in [6, 6.07) is 21.9. The molecular weight excluding hydrogens is 418 g/mol. The molecule has 0 radical (unpaired) electrons. The van der Waals surface area contributed by atoms with Gasteiger partial charge in [0.2, 0.25) is 11.9 Å². The number of aromatic nitrogens is 3. The Bertz CT molecular complexity index is 1160. The van der Waals surface area contributed by atoms with Crippen molar-refractivity contribution in [1.29, 1.82) is 0 Å². The molecule has 2 aromatic carbocycles. The zero-order chi connectivity index (χ0) is 23.0. The van der Waals surface area contributed by atoms with Crippen molar-refractivity contribution in [3.05, 3.63) is 83.8 Å². The van der Waals surface area contributed by atoms with Crippen LogP contribution in [0.2, 0.25) is 0 Å². The number of aryl methyl sites for hydroxylation is 1. The summed E-state index contributed by atoms with van der Waals surface area (Å²) in [7, 11) is 1.64. The number of methoxy groups -OCH3 is 1. The highest BCUT2D eigenvalue weighted by Gasteiger charge is 2.17. The van der Waals surface area contributed by atoms with Crippen molar-refractivity contribution in [2.24, 2.45) is 0 Å². The van der Waals surface area contributed by atoms with Crippen LogP contribution in [0.4, 0.5) is 17.6 Å². The number of ether oxygens (including phenoxy) is 2. The SMILES string of the molecule is CCOc1nc(Nc2ccc(OC)cc2)nc(N(Cc2ccccc2)Cc2ccc(C)o2)n1. The van der Waals surface area contributed by atoms with Crippen LogP contribution < -0.4 is 19.7 Å². The Morgan fingerprint density at radius 3 is 2.36 bits per heavy atom. The molecule has 2 heterocycles. The van der Waals surface area contributed by atoms with Gasteiger partial charge >= 0.3 is 6.01 Å². The van der Waals surface area contributed by atoms with Gasteiger partial charge in [-0.05, 0) is 55.8 Å². The molecule has 0 amide bonds. The van der Waals surface area contributed by atoms with Gasteiger partial charge in [0, 0.05) is 12.2 Å². The molecule has 8 heteroatoms. The fourth-order valence-electron chi connectivity index (χ4n) is 3.30. The first-order valence-electron chi connectivity index (χ1n) is 10.8. The van der Waals surface area contributed by atoms with Gasteiger partial charge in [-0.15, -0.1) is 0 Å². The quantitative estimate of drug-likeness (QED) is 0.360. The van der Waals surface area contributed by atoms with E-state index in [9.17, 15) is 0 Å². The van der Waals surface area contributed by atoms with Crippen LogP contribution in [0.3, 0.4) is 0 Å². The summed E-state index contributed by atoms with van der Waals surface area (Å²) in [5.41, 5.74) is 1.95. The van der Waals surface area contributed by atoms with Crippen molar-refractivity contribution in [2.45, 2.75) is 26.9 Å². The molecule has 2 aromatic heterocycles. The molecule has 0 saturated heterocycles. The smallest absolute Gasteiger partial charge is 0.323 e. The van der Waals surface area contributed by atoms with Gasteiger partial charge in [-0.2, -0.15) is 15.0 Å². The van der Waals surface area contributed by atoms with E-state index >= 15 is 0 Å². The molecule has 0 aliphatic heterocycles. The molecule has 8 nitrogen and oxygen atoms in total. The third kappa shape index (κ3) is 6.00. The average molecular weight is 446 g/mol. The fourth-order valence-corrected chi connectivity index (χ4v) is 3.30. The molecule has 0 unspecified atom stereocenters. The van der Waals surface area contributed by atoms with E-state index in [2.05, 4.69) is 27.4 Å². The molecule has 0 spiro atoms. The lowest BCUT2D eigenvalue weighted by Gasteiger charge is -2.22. The number of benzene rings is 2. The van der Waals surface area contributed by atoms with Crippen molar-refractivity contribution in [3.8, 4) is 11.8 Å². The van der Waals surface area contributed by atoms with Crippen LogP contribution in [0.25, 0.3) is 0 Å². The van der Waals surface area contributed by atoms with Gasteiger partial charge < -0.3 is 24.1 Å². The summed E-state index contributed by atoms with van der Waals surface area (Å²) in [6.07, 6.45) is 0. The Labute approximate surface area is 193 Å². The number of rotatable bonds is 10. The van der Waals surface area contributed by atoms with Gasteiger partial charge in [0.05, 0.1) is 20.3 Å². The lowest BCUT2D eigenvalue weighted by atomic mass is 10.2. The van der Waals surface area contributed by atoms with Gasteiger partial charge in [0.1, 0.15) is 17.3 Å². The molecule has 4 aromatic rings. The number of nitrogens with one attached hydrogen (secondary N) is 1. The third-order valence-electron chi connectivity index (χ3n) is 4.86. The standard InChI is InChI=1S/C25H27N5O3/c1-4-32-25-28-23(26-20-11-14-21(31-3)15-12-20)27-24(29-25)30(16-19-8-6-5-7-9-19)17-22-13-10-18(2)33-22/h5-15H,4,16-17H2,1-3H3,(H,26,27,28,29). The van der Waals surface area contributed by atoms with Crippen LogP contribution in [0, 0.1) is 6.92 Å². The topological polar surface area (TPSA) is 85.5 Å². The van der Waals surface area contributed by atoms with Crippen molar-refractivity contribution in [1.82, 2.24) is 15.0 Å².